The molecule has 0 heterocycles. The standard InChI is InChI=1S/C53H102NO8P/c1-6-8-10-12-14-16-18-20-22-24-25-26-27-28-30-31-33-35-37-39-41-43-45-52(55)59-49-51(50-61-63(57,58)60-48-47-54(3,4)5)62-53(56)46-44-42-40-38-36-34-32-29-23-21-19-17-15-13-11-9-7-2/h32,34,38,40,51H,6-31,33,35-37,39,41-50H2,1-5H3/b34-32+,40-38+/t51-/m1/s1. The summed E-state index contributed by atoms with van der Waals surface area (Å²) in [7, 11) is 1.15. The Morgan fingerprint density at radius 2 is 0.873 bits per heavy atom. The molecule has 0 aromatic heterocycles. The third-order valence-electron chi connectivity index (χ3n) is 11.7. The first-order chi connectivity index (χ1) is 30.5. The number of quaternary nitrogens is 1. The molecule has 0 amide bonds. The number of carbonyl (C=O) groups is 2. The minimum atomic E-state index is -4.64. The van der Waals surface area contributed by atoms with Crippen molar-refractivity contribution in [2.24, 2.45) is 0 Å². The van der Waals surface area contributed by atoms with Crippen molar-refractivity contribution in [3.63, 3.8) is 0 Å². The Morgan fingerprint density at radius 3 is 1.30 bits per heavy atom. The van der Waals surface area contributed by atoms with Gasteiger partial charge in [0, 0.05) is 12.8 Å². The van der Waals surface area contributed by atoms with E-state index >= 15 is 0 Å². The van der Waals surface area contributed by atoms with Gasteiger partial charge in [-0.15, -0.1) is 0 Å². The smallest absolute Gasteiger partial charge is 0.306 e. The molecule has 0 spiro atoms. The van der Waals surface area contributed by atoms with Gasteiger partial charge in [-0.25, -0.2) is 0 Å². The molecular weight excluding hydrogens is 810 g/mol. The summed E-state index contributed by atoms with van der Waals surface area (Å²) >= 11 is 0. The quantitative estimate of drug-likeness (QED) is 0.0195. The maximum Gasteiger partial charge on any atom is 0.306 e. The number of esters is 2. The molecule has 0 rings (SSSR count). The summed E-state index contributed by atoms with van der Waals surface area (Å²) in [6, 6.07) is 0. The van der Waals surface area contributed by atoms with E-state index in [-0.39, 0.29) is 32.0 Å². The largest absolute Gasteiger partial charge is 0.756 e. The number of allylic oxidation sites excluding steroid dienone is 4. The number of rotatable bonds is 49. The van der Waals surface area contributed by atoms with Crippen LogP contribution in [-0.2, 0) is 32.7 Å². The minimum Gasteiger partial charge on any atom is -0.756 e. The highest BCUT2D eigenvalue weighted by Gasteiger charge is 2.21. The molecule has 372 valence electrons. The van der Waals surface area contributed by atoms with Crippen LogP contribution in [0.3, 0.4) is 0 Å². The molecule has 0 radical (unpaired) electrons. The molecule has 63 heavy (non-hydrogen) atoms. The van der Waals surface area contributed by atoms with Crippen LogP contribution < -0.4 is 4.89 Å². The zero-order chi connectivity index (χ0) is 46.4. The fourth-order valence-electron chi connectivity index (χ4n) is 7.58. The fraction of sp³-hybridized carbons (Fsp3) is 0.887. The molecule has 0 saturated carbocycles. The molecule has 0 aliphatic heterocycles. The summed E-state index contributed by atoms with van der Waals surface area (Å²) in [6.07, 6.45) is 52.3. The second kappa shape index (κ2) is 45.6. The average molecular weight is 912 g/mol. The highest BCUT2D eigenvalue weighted by Crippen LogP contribution is 2.38. The first kappa shape index (κ1) is 61.5. The molecule has 0 aliphatic carbocycles. The van der Waals surface area contributed by atoms with Gasteiger partial charge in [-0.2, -0.15) is 0 Å². The number of nitrogens with zero attached hydrogens (tertiary/aromatic N) is 1. The average Bonchev–Trinajstić information content (AvgIpc) is 3.24. The van der Waals surface area contributed by atoms with Gasteiger partial charge < -0.3 is 27.9 Å². The second-order valence-electron chi connectivity index (χ2n) is 19.2. The van der Waals surface area contributed by atoms with Gasteiger partial charge in [-0.3, -0.25) is 14.2 Å². The van der Waals surface area contributed by atoms with Crippen LogP contribution in [0.2, 0.25) is 0 Å². The monoisotopic (exact) mass is 912 g/mol. The first-order valence-corrected chi connectivity index (χ1v) is 28.0. The van der Waals surface area contributed by atoms with Crippen LogP contribution in [0.15, 0.2) is 24.3 Å². The van der Waals surface area contributed by atoms with E-state index in [9.17, 15) is 19.0 Å². The Bertz CT molecular complexity index is 1120. The molecule has 0 aromatic carbocycles. The van der Waals surface area contributed by atoms with E-state index in [2.05, 4.69) is 38.2 Å². The Labute approximate surface area is 389 Å². The third-order valence-corrected chi connectivity index (χ3v) is 12.7. The SMILES string of the molecule is CCCCCCCCCCC/C=C/C/C=C/CCCC(=O)O[C@H](COC(=O)CCCCCCCCCCCCCCCCCCCCCCCC)COP(=O)([O-])OCC[N+](C)(C)C. The highest BCUT2D eigenvalue weighted by molar-refractivity contribution is 7.45. The number of carbonyl (C=O) groups excluding carboxylic acids is 2. The third kappa shape index (κ3) is 49.8. The maximum atomic E-state index is 12.7. The van der Waals surface area contributed by atoms with Crippen molar-refractivity contribution in [3.05, 3.63) is 24.3 Å². The van der Waals surface area contributed by atoms with Crippen molar-refractivity contribution >= 4 is 19.8 Å². The summed E-state index contributed by atoms with van der Waals surface area (Å²) in [5.74, 6) is -0.874. The van der Waals surface area contributed by atoms with E-state index in [4.69, 9.17) is 18.5 Å². The van der Waals surface area contributed by atoms with Gasteiger partial charge in [-0.1, -0.05) is 224 Å². The van der Waals surface area contributed by atoms with E-state index in [1.54, 1.807) is 0 Å². The number of hydrogen-bond donors (Lipinski definition) is 0. The summed E-state index contributed by atoms with van der Waals surface area (Å²) in [5, 5.41) is 0. The van der Waals surface area contributed by atoms with Crippen LogP contribution >= 0.6 is 7.82 Å². The lowest BCUT2D eigenvalue weighted by Crippen LogP contribution is -2.37. The van der Waals surface area contributed by atoms with Crippen molar-refractivity contribution < 1.29 is 42.1 Å². The van der Waals surface area contributed by atoms with Gasteiger partial charge in [0.2, 0.25) is 0 Å². The summed E-state index contributed by atoms with van der Waals surface area (Å²) in [5.41, 5.74) is 0. The molecule has 1 unspecified atom stereocenters. The number of likely N-dealkylation sites (N-methyl/N-ethyl adjacent to an activating group) is 1. The van der Waals surface area contributed by atoms with Crippen LogP contribution in [-0.4, -0.2) is 70.0 Å². The molecule has 2 atom stereocenters. The van der Waals surface area contributed by atoms with Crippen molar-refractivity contribution in [1.82, 2.24) is 0 Å². The van der Waals surface area contributed by atoms with E-state index in [0.717, 1.165) is 38.5 Å². The Kier molecular flexibility index (Phi) is 44.5. The fourth-order valence-corrected chi connectivity index (χ4v) is 8.31. The predicted molar refractivity (Wildman–Crippen MR) is 264 cm³/mol. The second-order valence-corrected chi connectivity index (χ2v) is 20.7. The predicted octanol–water partition coefficient (Wildman–Crippen LogP) is 15.2. The van der Waals surface area contributed by atoms with Gasteiger partial charge in [0.1, 0.15) is 19.8 Å². The molecular formula is C53H102NO8P. The number of phosphoric acid groups is 1. The molecule has 0 N–H and O–H groups in total. The minimum absolute atomic E-state index is 0.0358. The molecule has 0 bridgehead atoms. The number of phosphoric ester groups is 1. The van der Waals surface area contributed by atoms with Crippen LogP contribution in [0.5, 0.6) is 0 Å². The lowest BCUT2D eigenvalue weighted by Gasteiger charge is -2.28. The van der Waals surface area contributed by atoms with Crippen LogP contribution in [0.1, 0.15) is 251 Å². The lowest BCUT2D eigenvalue weighted by atomic mass is 10.0. The highest BCUT2D eigenvalue weighted by atomic mass is 31.2. The summed E-state index contributed by atoms with van der Waals surface area (Å²) in [6.45, 7) is 4.23. The first-order valence-electron chi connectivity index (χ1n) is 26.5. The topological polar surface area (TPSA) is 111 Å². The van der Waals surface area contributed by atoms with E-state index < -0.39 is 26.5 Å². The van der Waals surface area contributed by atoms with Crippen molar-refractivity contribution in [3.8, 4) is 0 Å². The van der Waals surface area contributed by atoms with Gasteiger partial charge >= 0.3 is 11.9 Å². The zero-order valence-corrected chi connectivity index (χ0v) is 42.9. The van der Waals surface area contributed by atoms with E-state index in [1.807, 2.05) is 21.1 Å². The van der Waals surface area contributed by atoms with Gasteiger partial charge in [-0.05, 0) is 38.5 Å². The zero-order valence-electron chi connectivity index (χ0n) is 42.0. The molecule has 10 heteroatoms. The molecule has 0 fully saturated rings. The molecule has 0 aliphatic rings. The Hall–Kier alpha value is -1.51. The van der Waals surface area contributed by atoms with Crippen molar-refractivity contribution in [1.29, 1.82) is 0 Å². The van der Waals surface area contributed by atoms with Crippen molar-refractivity contribution in [2.45, 2.75) is 258 Å². The van der Waals surface area contributed by atoms with E-state index in [0.29, 0.717) is 17.4 Å². The Morgan fingerprint density at radius 1 is 0.492 bits per heavy atom. The van der Waals surface area contributed by atoms with Gasteiger partial charge in [0.25, 0.3) is 7.82 Å². The number of hydrogen-bond acceptors (Lipinski definition) is 8. The number of unbranched alkanes of at least 4 members (excludes halogenated alkanes) is 31. The summed E-state index contributed by atoms with van der Waals surface area (Å²) < 4.78 is 34.0. The maximum absolute atomic E-state index is 12.7. The van der Waals surface area contributed by atoms with E-state index in [1.165, 1.54) is 180 Å². The normalized spacial score (nSPS) is 13.6. The van der Waals surface area contributed by atoms with Crippen molar-refractivity contribution in [2.75, 3.05) is 47.5 Å². The van der Waals surface area contributed by atoms with Crippen LogP contribution in [0.4, 0.5) is 0 Å². The van der Waals surface area contributed by atoms with Gasteiger partial charge in [0.05, 0.1) is 27.7 Å². The number of ether oxygens (including phenoxy) is 2. The molecule has 0 aromatic rings. The van der Waals surface area contributed by atoms with Crippen LogP contribution in [0.25, 0.3) is 0 Å². The summed E-state index contributed by atoms with van der Waals surface area (Å²) in [4.78, 5) is 37.7. The van der Waals surface area contributed by atoms with Crippen LogP contribution in [0, 0.1) is 0 Å². The van der Waals surface area contributed by atoms with Gasteiger partial charge in [0.15, 0.2) is 6.10 Å². The Balaban J connectivity index is 4.23. The molecule has 0 saturated heterocycles. The lowest BCUT2D eigenvalue weighted by molar-refractivity contribution is -0.870. The molecule has 9 nitrogen and oxygen atoms in total.